The van der Waals surface area contributed by atoms with Crippen LogP contribution in [-0.2, 0) is 0 Å². The molecule has 9 aromatic carbocycles. The van der Waals surface area contributed by atoms with E-state index in [1.807, 2.05) is 72.8 Å². The summed E-state index contributed by atoms with van der Waals surface area (Å²) >= 11 is 0. The van der Waals surface area contributed by atoms with Crippen molar-refractivity contribution in [2.24, 2.45) is 0 Å². The summed E-state index contributed by atoms with van der Waals surface area (Å²) in [5.74, 6) is 1.90. The number of rotatable bonds is 8. The van der Waals surface area contributed by atoms with Gasteiger partial charge in [-0.25, -0.2) is 15.0 Å². The van der Waals surface area contributed by atoms with E-state index in [1.165, 1.54) is 10.8 Å². The number of hydrogen-bond acceptors (Lipinski definition) is 5. The zero-order valence-electron chi connectivity index (χ0n) is 34.0. The first kappa shape index (κ1) is 36.3. The van der Waals surface area contributed by atoms with Gasteiger partial charge in [0.1, 0.15) is 5.58 Å². The second-order valence-corrected chi connectivity index (χ2v) is 15.6. The third-order valence-corrected chi connectivity index (χ3v) is 11.9. The Bertz CT molecular complexity index is 3540. The second-order valence-electron chi connectivity index (χ2n) is 15.6. The molecule has 0 unspecified atom stereocenters. The Labute approximate surface area is 363 Å². The number of hydrogen-bond donors (Lipinski definition) is 0. The monoisotopic (exact) mass is 807 g/mol. The topological polar surface area (TPSA) is 60.0 Å². The van der Waals surface area contributed by atoms with Crippen molar-refractivity contribution in [3.63, 3.8) is 0 Å². The lowest BCUT2D eigenvalue weighted by Gasteiger charge is -2.25. The zero-order chi connectivity index (χ0) is 41.7. The third kappa shape index (κ3) is 6.32. The fourth-order valence-corrected chi connectivity index (χ4v) is 8.92. The fraction of sp³-hybridized carbons (Fsp3) is 0. The van der Waals surface area contributed by atoms with Crippen molar-refractivity contribution in [3.8, 4) is 51.0 Å². The van der Waals surface area contributed by atoms with Gasteiger partial charge in [-0.1, -0.05) is 158 Å². The molecule has 12 aromatic rings. The molecule has 3 heterocycles. The Morgan fingerprint density at radius 2 is 0.873 bits per heavy atom. The van der Waals surface area contributed by atoms with E-state index >= 15 is 0 Å². The molecule has 12 rings (SSSR count). The molecule has 0 fully saturated rings. The van der Waals surface area contributed by atoms with Crippen molar-refractivity contribution >= 4 is 60.8 Å². The summed E-state index contributed by atoms with van der Waals surface area (Å²) in [5.41, 5.74) is 13.2. The van der Waals surface area contributed by atoms with E-state index in [-0.39, 0.29) is 0 Å². The van der Waals surface area contributed by atoms with E-state index in [9.17, 15) is 0 Å². The number of benzene rings is 9. The van der Waals surface area contributed by atoms with Crippen molar-refractivity contribution in [3.05, 3.63) is 224 Å². The number of para-hydroxylation sites is 5. The fourth-order valence-electron chi connectivity index (χ4n) is 8.92. The maximum Gasteiger partial charge on any atom is 0.164 e. The number of anilines is 3. The molecule has 0 spiro atoms. The average Bonchev–Trinajstić information content (AvgIpc) is 3.92. The molecule has 0 N–H and O–H groups in total. The van der Waals surface area contributed by atoms with Gasteiger partial charge in [-0.05, 0) is 72.3 Å². The summed E-state index contributed by atoms with van der Waals surface area (Å²) in [6.45, 7) is 0. The quantitative estimate of drug-likeness (QED) is 0.153. The molecule has 6 nitrogen and oxygen atoms in total. The number of nitrogens with zero attached hydrogens (tertiary/aromatic N) is 5. The molecule has 6 heteroatoms. The molecule has 0 bridgehead atoms. The van der Waals surface area contributed by atoms with Crippen molar-refractivity contribution < 1.29 is 4.42 Å². The van der Waals surface area contributed by atoms with Gasteiger partial charge in [0.25, 0.3) is 0 Å². The molecule has 296 valence electrons. The molecule has 0 amide bonds. The van der Waals surface area contributed by atoms with Crippen molar-refractivity contribution in [2.75, 3.05) is 4.90 Å². The first-order chi connectivity index (χ1) is 31.2. The van der Waals surface area contributed by atoms with Gasteiger partial charge in [0.05, 0.1) is 16.7 Å². The largest absolute Gasteiger partial charge is 0.454 e. The van der Waals surface area contributed by atoms with Crippen molar-refractivity contribution in [1.29, 1.82) is 0 Å². The van der Waals surface area contributed by atoms with Crippen molar-refractivity contribution in [1.82, 2.24) is 19.5 Å². The Hall–Kier alpha value is -8.61. The van der Waals surface area contributed by atoms with Crippen LogP contribution >= 0.6 is 0 Å². The smallest absolute Gasteiger partial charge is 0.164 e. The van der Waals surface area contributed by atoms with E-state index in [2.05, 4.69) is 161 Å². The van der Waals surface area contributed by atoms with Gasteiger partial charge in [0, 0.05) is 60.9 Å². The van der Waals surface area contributed by atoms with Gasteiger partial charge in [-0.3, -0.25) is 0 Å². The molecule has 0 radical (unpaired) electrons. The predicted octanol–water partition coefficient (Wildman–Crippen LogP) is 15.0. The first-order valence-corrected chi connectivity index (χ1v) is 21.1. The number of furan rings is 1. The minimum atomic E-state index is 0.623. The van der Waals surface area contributed by atoms with Crippen LogP contribution < -0.4 is 4.90 Å². The van der Waals surface area contributed by atoms with Crippen LogP contribution in [0.25, 0.3) is 94.7 Å². The lowest BCUT2D eigenvalue weighted by atomic mass is 10.0. The Kier molecular flexibility index (Phi) is 8.71. The van der Waals surface area contributed by atoms with Crippen LogP contribution in [0.5, 0.6) is 0 Å². The minimum Gasteiger partial charge on any atom is -0.454 e. The molecule has 0 aliphatic rings. The summed E-state index contributed by atoms with van der Waals surface area (Å²) in [6.07, 6.45) is 0. The highest BCUT2D eigenvalue weighted by molar-refractivity contribution is 6.14. The van der Waals surface area contributed by atoms with E-state index in [4.69, 9.17) is 19.4 Å². The van der Waals surface area contributed by atoms with Gasteiger partial charge >= 0.3 is 0 Å². The van der Waals surface area contributed by atoms with Gasteiger partial charge in [-0.2, -0.15) is 0 Å². The molecular formula is C57H37N5O. The summed E-state index contributed by atoms with van der Waals surface area (Å²) in [4.78, 5) is 17.2. The lowest BCUT2D eigenvalue weighted by Crippen LogP contribution is -2.10. The van der Waals surface area contributed by atoms with Crippen LogP contribution in [0.3, 0.4) is 0 Å². The molecule has 0 atom stereocenters. The number of aromatic nitrogens is 4. The first-order valence-electron chi connectivity index (χ1n) is 21.1. The molecule has 0 saturated heterocycles. The predicted molar refractivity (Wildman–Crippen MR) is 258 cm³/mol. The summed E-state index contributed by atoms with van der Waals surface area (Å²) < 4.78 is 8.94. The third-order valence-electron chi connectivity index (χ3n) is 11.9. The minimum absolute atomic E-state index is 0.623. The van der Waals surface area contributed by atoms with E-state index < -0.39 is 0 Å². The highest BCUT2D eigenvalue weighted by Gasteiger charge is 2.21. The van der Waals surface area contributed by atoms with Crippen LogP contribution in [0, 0.1) is 0 Å². The molecule has 63 heavy (non-hydrogen) atoms. The SMILES string of the molecule is c1ccc(-c2nc(-c3ccccc3)nc(-c3ccc(-n4c5ccccc5c5cccc(-c6ccc(N(c7ccccc7)c7cccc8c7oc7ccccc78)cc6)c54)cc3)n2)cc1. The van der Waals surface area contributed by atoms with Crippen LogP contribution in [0.4, 0.5) is 17.1 Å². The molecule has 3 aromatic heterocycles. The van der Waals surface area contributed by atoms with Crippen LogP contribution in [0.2, 0.25) is 0 Å². The standard InChI is InChI=1S/C57H37N5O/c1-4-16-39(17-5-1)55-58-56(40-18-6-2-7-19-40)60-57(59-55)41-32-36-44(37-33-41)62-50-27-12-10-22-46(50)48-25-14-24-45(53(48)62)38-30-34-43(35-31-38)61(42-20-8-3-9-21-42)51-28-15-26-49-47-23-11-13-29-52(47)63-54(49)51/h1-37H. The Morgan fingerprint density at radius 1 is 0.365 bits per heavy atom. The molecule has 0 aliphatic heterocycles. The molecule has 0 saturated carbocycles. The second kappa shape index (κ2) is 15.1. The molecular weight excluding hydrogens is 771 g/mol. The van der Waals surface area contributed by atoms with Crippen molar-refractivity contribution in [2.45, 2.75) is 0 Å². The number of fused-ring (bicyclic) bond motifs is 6. The van der Waals surface area contributed by atoms with Gasteiger partial charge < -0.3 is 13.9 Å². The highest BCUT2D eigenvalue weighted by Crippen LogP contribution is 2.44. The maximum atomic E-state index is 6.56. The normalized spacial score (nSPS) is 11.5. The summed E-state index contributed by atoms with van der Waals surface area (Å²) in [7, 11) is 0. The van der Waals surface area contributed by atoms with E-state index in [1.54, 1.807) is 0 Å². The van der Waals surface area contributed by atoms with Crippen LogP contribution in [0.15, 0.2) is 229 Å². The van der Waals surface area contributed by atoms with Crippen LogP contribution in [-0.4, -0.2) is 19.5 Å². The van der Waals surface area contributed by atoms with E-state index in [0.717, 1.165) is 83.5 Å². The molecule has 0 aliphatic carbocycles. The van der Waals surface area contributed by atoms with Gasteiger partial charge in [0.2, 0.25) is 0 Å². The van der Waals surface area contributed by atoms with Crippen LogP contribution in [0.1, 0.15) is 0 Å². The van der Waals surface area contributed by atoms with E-state index in [0.29, 0.717) is 17.5 Å². The summed E-state index contributed by atoms with van der Waals surface area (Å²) in [5, 5.41) is 4.59. The lowest BCUT2D eigenvalue weighted by molar-refractivity contribution is 0.669. The van der Waals surface area contributed by atoms with Gasteiger partial charge in [-0.15, -0.1) is 0 Å². The average molecular weight is 808 g/mol. The zero-order valence-corrected chi connectivity index (χ0v) is 34.0. The van der Waals surface area contributed by atoms with Gasteiger partial charge in [0.15, 0.2) is 23.1 Å². The summed E-state index contributed by atoms with van der Waals surface area (Å²) in [6, 6.07) is 78.1. The Morgan fingerprint density at radius 3 is 1.56 bits per heavy atom. The highest BCUT2D eigenvalue weighted by atomic mass is 16.3. The maximum absolute atomic E-state index is 6.56. The Balaban J connectivity index is 0.968.